The fourth-order valence-corrected chi connectivity index (χ4v) is 3.02. The Hall–Kier alpha value is -2.36. The van der Waals surface area contributed by atoms with Crippen molar-refractivity contribution in [1.82, 2.24) is 0 Å². The zero-order valence-electron chi connectivity index (χ0n) is 12.7. The molecule has 0 saturated carbocycles. The van der Waals surface area contributed by atoms with Crippen LogP contribution in [0.15, 0.2) is 36.4 Å². The third-order valence-electron chi connectivity index (χ3n) is 4.14. The van der Waals surface area contributed by atoms with Crippen LogP contribution in [0.2, 0.25) is 0 Å². The van der Waals surface area contributed by atoms with Crippen molar-refractivity contribution in [2.45, 2.75) is 25.7 Å². The lowest BCUT2D eigenvalue weighted by Crippen LogP contribution is -2.27. The van der Waals surface area contributed by atoms with Crippen molar-refractivity contribution < 1.29 is 14.3 Å². The Bertz CT molecular complexity index is 718. The Kier molecular flexibility index (Phi) is 4.09. The van der Waals surface area contributed by atoms with Crippen LogP contribution in [0.25, 0.3) is 10.8 Å². The molecule has 0 bridgehead atoms. The van der Waals surface area contributed by atoms with Crippen molar-refractivity contribution in [3.8, 4) is 0 Å². The molecule has 2 aromatic carbocycles. The van der Waals surface area contributed by atoms with Crippen LogP contribution in [0.3, 0.4) is 0 Å². The van der Waals surface area contributed by atoms with E-state index in [4.69, 9.17) is 0 Å². The summed E-state index contributed by atoms with van der Waals surface area (Å²) >= 11 is 0. The monoisotopic (exact) mass is 297 g/mol. The lowest BCUT2D eigenvalue weighted by atomic mass is 10.1. The summed E-state index contributed by atoms with van der Waals surface area (Å²) in [4.78, 5) is 25.5. The molecule has 0 fully saturated rings. The molecule has 4 heteroatoms. The fraction of sp³-hybridized carbons (Fsp3) is 0.333. The van der Waals surface area contributed by atoms with Crippen molar-refractivity contribution >= 4 is 28.3 Å². The van der Waals surface area contributed by atoms with Gasteiger partial charge >= 0.3 is 5.97 Å². The molecular formula is C18H19NO3. The van der Waals surface area contributed by atoms with E-state index < -0.39 is 0 Å². The van der Waals surface area contributed by atoms with Gasteiger partial charge in [-0.1, -0.05) is 30.7 Å². The maximum Gasteiger partial charge on any atom is 0.305 e. The SMILES string of the molecule is COC(=O)CCCCCN1C(=O)c2cccc3cccc1c23. The standard InChI is InChI=1S/C18H19NO3/c1-22-16(20)11-3-2-4-12-19-15-10-6-8-13-7-5-9-14(17(13)15)18(19)21/h5-10H,2-4,11-12H2,1H3. The number of nitrogens with zero attached hydrogens (tertiary/aromatic N) is 1. The average molecular weight is 297 g/mol. The van der Waals surface area contributed by atoms with E-state index in [1.165, 1.54) is 7.11 Å². The van der Waals surface area contributed by atoms with Gasteiger partial charge < -0.3 is 9.64 Å². The van der Waals surface area contributed by atoms with Gasteiger partial charge in [0, 0.05) is 23.9 Å². The average Bonchev–Trinajstić information content (AvgIpc) is 2.82. The van der Waals surface area contributed by atoms with E-state index in [1.807, 2.05) is 41.3 Å². The van der Waals surface area contributed by atoms with Gasteiger partial charge in [-0.05, 0) is 30.4 Å². The molecule has 0 saturated heterocycles. The molecule has 1 heterocycles. The van der Waals surface area contributed by atoms with Crippen LogP contribution < -0.4 is 4.90 Å². The summed E-state index contributed by atoms with van der Waals surface area (Å²) in [7, 11) is 1.41. The minimum absolute atomic E-state index is 0.0831. The number of esters is 1. The minimum atomic E-state index is -0.172. The molecule has 0 aromatic heterocycles. The summed E-state index contributed by atoms with van der Waals surface area (Å²) < 4.78 is 4.62. The van der Waals surface area contributed by atoms with Gasteiger partial charge in [0.05, 0.1) is 12.8 Å². The van der Waals surface area contributed by atoms with Crippen LogP contribution in [-0.4, -0.2) is 25.5 Å². The maximum absolute atomic E-state index is 12.5. The molecule has 4 nitrogen and oxygen atoms in total. The molecule has 1 aliphatic rings. The zero-order chi connectivity index (χ0) is 15.5. The number of carbonyl (C=O) groups is 2. The highest BCUT2D eigenvalue weighted by atomic mass is 16.5. The Labute approximate surface area is 129 Å². The second-order valence-corrected chi connectivity index (χ2v) is 5.52. The molecule has 1 aliphatic heterocycles. The normalized spacial score (nSPS) is 13.0. The number of ether oxygens (including phenoxy) is 1. The van der Waals surface area contributed by atoms with Crippen LogP contribution in [0.5, 0.6) is 0 Å². The number of anilines is 1. The largest absolute Gasteiger partial charge is 0.469 e. The highest BCUT2D eigenvalue weighted by molar-refractivity contribution is 6.24. The number of hydrogen-bond acceptors (Lipinski definition) is 3. The smallest absolute Gasteiger partial charge is 0.305 e. The Morgan fingerprint density at radius 1 is 1.09 bits per heavy atom. The van der Waals surface area contributed by atoms with Crippen molar-refractivity contribution in [2.75, 3.05) is 18.6 Å². The van der Waals surface area contributed by atoms with E-state index in [0.717, 1.165) is 41.3 Å². The van der Waals surface area contributed by atoms with E-state index in [2.05, 4.69) is 4.74 Å². The maximum atomic E-state index is 12.5. The van der Waals surface area contributed by atoms with E-state index in [9.17, 15) is 9.59 Å². The molecular weight excluding hydrogens is 278 g/mol. The molecule has 1 amide bonds. The molecule has 0 aliphatic carbocycles. The van der Waals surface area contributed by atoms with Gasteiger partial charge in [0.1, 0.15) is 0 Å². The Morgan fingerprint density at radius 2 is 1.86 bits per heavy atom. The number of benzene rings is 2. The summed E-state index contributed by atoms with van der Waals surface area (Å²) in [6.07, 6.45) is 3.03. The highest BCUT2D eigenvalue weighted by Crippen LogP contribution is 2.37. The summed E-state index contributed by atoms with van der Waals surface area (Å²) in [5.41, 5.74) is 1.80. The molecule has 114 valence electrons. The number of amides is 1. The Balaban J connectivity index is 1.66. The minimum Gasteiger partial charge on any atom is -0.469 e. The number of rotatable bonds is 6. The Morgan fingerprint density at radius 3 is 2.64 bits per heavy atom. The summed E-state index contributed by atoms with van der Waals surface area (Å²) in [5, 5.41) is 2.17. The molecule has 22 heavy (non-hydrogen) atoms. The predicted octanol–water partition coefficient (Wildman–Crippen LogP) is 3.53. The van der Waals surface area contributed by atoms with E-state index >= 15 is 0 Å². The van der Waals surface area contributed by atoms with Gasteiger partial charge in [0.15, 0.2) is 0 Å². The number of unbranched alkanes of at least 4 members (excludes halogenated alkanes) is 2. The first-order chi connectivity index (χ1) is 10.7. The molecule has 0 N–H and O–H groups in total. The van der Waals surface area contributed by atoms with Crippen molar-refractivity contribution in [3.63, 3.8) is 0 Å². The van der Waals surface area contributed by atoms with Gasteiger partial charge in [-0.2, -0.15) is 0 Å². The van der Waals surface area contributed by atoms with Crippen LogP contribution >= 0.6 is 0 Å². The van der Waals surface area contributed by atoms with Crippen LogP contribution in [0.1, 0.15) is 36.0 Å². The summed E-state index contributed by atoms with van der Waals surface area (Å²) in [6.45, 7) is 0.688. The highest BCUT2D eigenvalue weighted by Gasteiger charge is 2.28. The first-order valence-corrected chi connectivity index (χ1v) is 7.63. The quantitative estimate of drug-likeness (QED) is 0.605. The van der Waals surface area contributed by atoms with Crippen molar-refractivity contribution in [3.05, 3.63) is 42.0 Å². The van der Waals surface area contributed by atoms with Crippen molar-refractivity contribution in [1.29, 1.82) is 0 Å². The van der Waals surface area contributed by atoms with Crippen LogP contribution in [0.4, 0.5) is 5.69 Å². The predicted molar refractivity (Wildman–Crippen MR) is 86.1 cm³/mol. The third kappa shape index (κ3) is 2.56. The van der Waals surface area contributed by atoms with E-state index in [1.54, 1.807) is 0 Å². The molecule has 0 unspecified atom stereocenters. The number of hydrogen-bond donors (Lipinski definition) is 0. The number of carbonyl (C=O) groups excluding carboxylic acids is 2. The van der Waals surface area contributed by atoms with Gasteiger partial charge in [0.25, 0.3) is 5.91 Å². The lowest BCUT2D eigenvalue weighted by molar-refractivity contribution is -0.140. The molecule has 0 spiro atoms. The first kappa shape index (κ1) is 14.6. The second-order valence-electron chi connectivity index (χ2n) is 5.52. The molecule has 0 atom stereocenters. The first-order valence-electron chi connectivity index (χ1n) is 7.63. The third-order valence-corrected chi connectivity index (χ3v) is 4.14. The summed E-state index contributed by atoms with van der Waals surface area (Å²) in [5.74, 6) is -0.0887. The lowest BCUT2D eigenvalue weighted by Gasteiger charge is -2.17. The second kappa shape index (κ2) is 6.18. The van der Waals surface area contributed by atoms with Gasteiger partial charge in [-0.25, -0.2) is 0 Å². The van der Waals surface area contributed by atoms with Gasteiger partial charge in [-0.3, -0.25) is 9.59 Å². The number of methoxy groups -OCH3 is 1. The van der Waals surface area contributed by atoms with Gasteiger partial charge in [0.2, 0.25) is 0 Å². The van der Waals surface area contributed by atoms with Crippen LogP contribution in [-0.2, 0) is 9.53 Å². The van der Waals surface area contributed by atoms with Crippen LogP contribution in [0, 0.1) is 0 Å². The summed E-state index contributed by atoms with van der Waals surface area (Å²) in [6, 6.07) is 11.9. The van der Waals surface area contributed by atoms with E-state index in [-0.39, 0.29) is 11.9 Å². The van der Waals surface area contributed by atoms with E-state index in [0.29, 0.717) is 13.0 Å². The molecule has 2 aromatic rings. The molecule has 0 radical (unpaired) electrons. The topological polar surface area (TPSA) is 46.6 Å². The zero-order valence-corrected chi connectivity index (χ0v) is 12.7. The fourth-order valence-electron chi connectivity index (χ4n) is 3.02. The van der Waals surface area contributed by atoms with Gasteiger partial charge in [-0.15, -0.1) is 0 Å². The molecule has 3 rings (SSSR count). The van der Waals surface area contributed by atoms with Crippen molar-refractivity contribution in [2.24, 2.45) is 0 Å².